The first kappa shape index (κ1) is 17.0. The predicted molar refractivity (Wildman–Crippen MR) is 82.4 cm³/mol. The van der Waals surface area contributed by atoms with Gasteiger partial charge in [0.2, 0.25) is 0 Å². The lowest BCUT2D eigenvalue weighted by atomic mass is 9.88. The normalized spacial score (nSPS) is 27.9. The third-order valence-electron chi connectivity index (χ3n) is 4.39. The summed E-state index contributed by atoms with van der Waals surface area (Å²) in [6.45, 7) is 0.228. The maximum Gasteiger partial charge on any atom is 0.433 e. The van der Waals surface area contributed by atoms with Crippen LogP contribution >= 0.6 is 23.5 Å². The van der Waals surface area contributed by atoms with E-state index in [4.69, 9.17) is 0 Å². The number of carboxylic acid groups (broad SMARTS) is 1. The van der Waals surface area contributed by atoms with E-state index in [1.165, 1.54) is 36.8 Å². The molecule has 1 N–H and O–H groups in total. The fourth-order valence-electron chi connectivity index (χ4n) is 3.50. The lowest BCUT2D eigenvalue weighted by molar-refractivity contribution is -0.146. The Balaban J connectivity index is 2.16. The van der Waals surface area contributed by atoms with Crippen molar-refractivity contribution in [1.82, 2.24) is 14.7 Å². The summed E-state index contributed by atoms with van der Waals surface area (Å²) in [5.41, 5.74) is -0.866. The highest BCUT2D eigenvalue weighted by molar-refractivity contribution is 8.21. The van der Waals surface area contributed by atoms with E-state index in [9.17, 15) is 23.1 Å². The SMILES string of the molecule is CN1CC(C(=O)O)C(c2cnn(C)c2C(F)(F)F)C12SCCS2. The van der Waals surface area contributed by atoms with Crippen molar-refractivity contribution in [3.05, 3.63) is 17.5 Å². The number of likely N-dealkylation sites (N-methyl/N-ethyl adjacent to an activating group) is 1. The molecule has 0 saturated carbocycles. The van der Waals surface area contributed by atoms with E-state index >= 15 is 0 Å². The van der Waals surface area contributed by atoms with Gasteiger partial charge in [-0.2, -0.15) is 18.3 Å². The Morgan fingerprint density at radius 1 is 1.39 bits per heavy atom. The molecule has 2 fully saturated rings. The quantitative estimate of drug-likeness (QED) is 0.866. The van der Waals surface area contributed by atoms with Gasteiger partial charge in [-0.15, -0.1) is 23.5 Å². The maximum atomic E-state index is 13.5. The van der Waals surface area contributed by atoms with Crippen LogP contribution in [-0.2, 0) is 18.0 Å². The van der Waals surface area contributed by atoms with Crippen molar-refractivity contribution in [2.45, 2.75) is 16.3 Å². The van der Waals surface area contributed by atoms with Crippen LogP contribution in [0.1, 0.15) is 17.2 Å². The molecule has 128 valence electrons. The van der Waals surface area contributed by atoms with Gasteiger partial charge < -0.3 is 5.11 Å². The Morgan fingerprint density at radius 3 is 2.52 bits per heavy atom. The van der Waals surface area contributed by atoms with Gasteiger partial charge in [0, 0.05) is 36.6 Å². The lowest BCUT2D eigenvalue weighted by Gasteiger charge is -2.35. The molecule has 2 aliphatic heterocycles. The minimum atomic E-state index is -4.57. The minimum Gasteiger partial charge on any atom is -0.481 e. The van der Waals surface area contributed by atoms with Gasteiger partial charge in [0.05, 0.1) is 12.1 Å². The number of nitrogens with zero attached hydrogens (tertiary/aromatic N) is 3. The van der Waals surface area contributed by atoms with E-state index in [1.54, 1.807) is 7.05 Å². The van der Waals surface area contributed by atoms with Crippen LogP contribution in [0.5, 0.6) is 0 Å². The number of carbonyl (C=O) groups is 1. The van der Waals surface area contributed by atoms with Crippen LogP contribution in [0.3, 0.4) is 0 Å². The van der Waals surface area contributed by atoms with Crippen molar-refractivity contribution in [2.75, 3.05) is 25.1 Å². The molecule has 0 aliphatic carbocycles. The number of likely N-dealkylation sites (tertiary alicyclic amines) is 1. The van der Waals surface area contributed by atoms with E-state index in [-0.39, 0.29) is 12.1 Å². The Kier molecular flexibility index (Phi) is 4.13. The molecule has 0 amide bonds. The maximum absolute atomic E-state index is 13.5. The molecule has 0 aromatic carbocycles. The second-order valence-electron chi connectivity index (χ2n) is 5.70. The number of thioether (sulfide) groups is 2. The van der Waals surface area contributed by atoms with Crippen LogP contribution in [0.4, 0.5) is 13.2 Å². The zero-order valence-electron chi connectivity index (χ0n) is 12.5. The summed E-state index contributed by atoms with van der Waals surface area (Å²) in [5.74, 6) is -1.13. The van der Waals surface area contributed by atoms with E-state index in [1.807, 2.05) is 4.90 Å². The summed E-state index contributed by atoms with van der Waals surface area (Å²) in [5, 5.41) is 13.3. The number of carboxylic acids is 1. The van der Waals surface area contributed by atoms with Gasteiger partial charge in [0.15, 0.2) is 0 Å². The number of hydrogen-bond donors (Lipinski definition) is 1. The number of aromatic nitrogens is 2. The molecular formula is C13H16F3N3O2S2. The molecule has 2 unspecified atom stereocenters. The van der Waals surface area contributed by atoms with Crippen LogP contribution in [0.2, 0.25) is 0 Å². The Labute approximate surface area is 139 Å². The number of hydrogen-bond acceptors (Lipinski definition) is 5. The number of aliphatic carboxylic acids is 1. The number of aryl methyl sites for hydroxylation is 1. The summed E-state index contributed by atoms with van der Waals surface area (Å²) < 4.78 is 40.5. The van der Waals surface area contributed by atoms with Crippen LogP contribution in [0.15, 0.2) is 6.20 Å². The third-order valence-corrected chi connectivity index (χ3v) is 8.13. The summed E-state index contributed by atoms with van der Waals surface area (Å²) in [4.78, 5) is 13.6. The second kappa shape index (κ2) is 5.59. The highest BCUT2D eigenvalue weighted by Gasteiger charge is 2.60. The highest BCUT2D eigenvalue weighted by atomic mass is 32.2. The van der Waals surface area contributed by atoms with Crippen molar-refractivity contribution >= 4 is 29.5 Å². The molecule has 3 heterocycles. The monoisotopic (exact) mass is 367 g/mol. The number of alkyl halides is 3. The summed E-state index contributed by atoms with van der Waals surface area (Å²) in [6.07, 6.45) is -3.39. The van der Waals surface area contributed by atoms with Crippen molar-refractivity contribution in [3.8, 4) is 0 Å². The Bertz CT molecular complexity index is 628. The molecule has 23 heavy (non-hydrogen) atoms. The minimum absolute atomic E-state index is 0.0151. The average Bonchev–Trinajstić information content (AvgIpc) is 3.10. The first-order chi connectivity index (χ1) is 10.7. The van der Waals surface area contributed by atoms with E-state index in [0.717, 1.165) is 16.2 Å². The standard InChI is InChI=1S/C13H16F3N3O2S2/c1-18-6-8(11(20)21)9(13(18)22-3-4-23-13)7-5-17-19(2)10(7)12(14,15)16/h5,8-9H,3-4,6H2,1-2H3,(H,20,21). The average molecular weight is 367 g/mol. The van der Waals surface area contributed by atoms with Gasteiger partial charge in [0.1, 0.15) is 9.90 Å². The molecule has 2 saturated heterocycles. The molecule has 0 radical (unpaired) electrons. The molecular weight excluding hydrogens is 351 g/mol. The van der Waals surface area contributed by atoms with Crippen molar-refractivity contribution in [2.24, 2.45) is 13.0 Å². The molecule has 10 heteroatoms. The molecule has 0 bridgehead atoms. The Morgan fingerprint density at radius 2 is 2.00 bits per heavy atom. The van der Waals surface area contributed by atoms with Gasteiger partial charge in [-0.05, 0) is 7.05 Å². The van der Waals surface area contributed by atoms with Crippen LogP contribution in [0, 0.1) is 5.92 Å². The fourth-order valence-corrected chi connectivity index (χ4v) is 7.12. The summed E-state index contributed by atoms with van der Waals surface area (Å²) >= 11 is 3.07. The fraction of sp³-hybridized carbons (Fsp3) is 0.692. The molecule has 1 spiro atoms. The smallest absolute Gasteiger partial charge is 0.433 e. The van der Waals surface area contributed by atoms with Gasteiger partial charge in [-0.3, -0.25) is 14.4 Å². The van der Waals surface area contributed by atoms with Crippen LogP contribution in [0.25, 0.3) is 0 Å². The molecule has 3 rings (SSSR count). The Hall–Kier alpha value is -0.870. The van der Waals surface area contributed by atoms with Gasteiger partial charge in [-0.1, -0.05) is 0 Å². The molecule has 2 atom stereocenters. The summed E-state index contributed by atoms with van der Waals surface area (Å²) in [6, 6.07) is 0. The van der Waals surface area contributed by atoms with Crippen molar-refractivity contribution < 1.29 is 23.1 Å². The lowest BCUT2D eigenvalue weighted by Crippen LogP contribution is -2.37. The van der Waals surface area contributed by atoms with Crippen LogP contribution in [-0.4, -0.2) is 55.1 Å². The first-order valence-electron chi connectivity index (χ1n) is 6.99. The highest BCUT2D eigenvalue weighted by Crippen LogP contribution is 2.61. The first-order valence-corrected chi connectivity index (χ1v) is 8.96. The van der Waals surface area contributed by atoms with E-state index in [0.29, 0.717) is 0 Å². The van der Waals surface area contributed by atoms with Crippen molar-refractivity contribution in [3.63, 3.8) is 0 Å². The third kappa shape index (κ3) is 2.54. The number of halogens is 3. The molecule has 1 aromatic heterocycles. The topological polar surface area (TPSA) is 58.4 Å². The zero-order valence-corrected chi connectivity index (χ0v) is 14.1. The van der Waals surface area contributed by atoms with Crippen molar-refractivity contribution in [1.29, 1.82) is 0 Å². The predicted octanol–water partition coefficient (Wildman–Crippen LogP) is 2.30. The van der Waals surface area contributed by atoms with E-state index < -0.39 is 33.9 Å². The molecule has 5 nitrogen and oxygen atoms in total. The second-order valence-corrected chi connectivity index (χ2v) is 8.60. The van der Waals surface area contributed by atoms with E-state index in [2.05, 4.69) is 5.10 Å². The van der Waals surface area contributed by atoms with Crippen LogP contribution < -0.4 is 0 Å². The van der Waals surface area contributed by atoms with Gasteiger partial charge >= 0.3 is 12.1 Å². The molecule has 1 aromatic rings. The number of rotatable bonds is 2. The molecule has 2 aliphatic rings. The zero-order chi connectivity index (χ0) is 17.0. The van der Waals surface area contributed by atoms with Gasteiger partial charge in [0.25, 0.3) is 0 Å². The summed E-state index contributed by atoms with van der Waals surface area (Å²) in [7, 11) is 3.02. The van der Waals surface area contributed by atoms with Gasteiger partial charge in [-0.25, -0.2) is 0 Å². The largest absolute Gasteiger partial charge is 0.481 e.